The summed E-state index contributed by atoms with van der Waals surface area (Å²) in [5.74, 6) is -3.67. The van der Waals surface area contributed by atoms with Crippen molar-refractivity contribution in [3.8, 4) is 11.5 Å². The first-order valence-electron chi connectivity index (χ1n) is 17.1. The SMILES string of the molecule is CC1COc2c(N3CCN(C)CC3)c(F)cc3c(=O)c(C(=O)[O-])cn1c23.CC1COc2c(N3CCN(C)CC3)c(F)cc3c(=O)c(C(=O)[O-])cn1c23.[Zn+2]. The summed E-state index contributed by atoms with van der Waals surface area (Å²) in [5, 5.41) is 22.6. The van der Waals surface area contributed by atoms with Gasteiger partial charge in [-0.15, -0.1) is 0 Å². The molecule has 0 aliphatic carbocycles. The molecule has 6 heterocycles. The molecular formula is C36H38F2N6O8Zn. The molecule has 2 aromatic heterocycles. The van der Waals surface area contributed by atoms with Gasteiger partial charge in [0, 0.05) is 64.8 Å². The maximum Gasteiger partial charge on any atom is 2.00 e. The maximum absolute atomic E-state index is 15.0. The number of carbonyl (C=O) groups is 2. The Kier molecular flexibility index (Phi) is 10.6. The molecule has 276 valence electrons. The van der Waals surface area contributed by atoms with Crippen molar-refractivity contribution < 1.29 is 57.5 Å². The van der Waals surface area contributed by atoms with Crippen molar-refractivity contribution in [1.82, 2.24) is 18.9 Å². The van der Waals surface area contributed by atoms with E-state index in [1.54, 1.807) is 9.13 Å². The molecule has 0 bridgehead atoms. The first-order chi connectivity index (χ1) is 24.8. The number of hydrogen-bond acceptors (Lipinski definition) is 12. The van der Waals surface area contributed by atoms with Crippen LogP contribution >= 0.6 is 0 Å². The molecule has 0 radical (unpaired) electrons. The number of nitrogens with zero attached hydrogens (tertiary/aromatic N) is 6. The summed E-state index contributed by atoms with van der Waals surface area (Å²) >= 11 is 0. The molecule has 4 aromatic rings. The van der Waals surface area contributed by atoms with Crippen molar-refractivity contribution in [1.29, 1.82) is 0 Å². The van der Waals surface area contributed by atoms with Crippen LogP contribution in [0.5, 0.6) is 11.5 Å². The van der Waals surface area contributed by atoms with Crippen LogP contribution in [0.25, 0.3) is 21.8 Å². The van der Waals surface area contributed by atoms with Gasteiger partial charge in [-0.2, -0.15) is 0 Å². The van der Waals surface area contributed by atoms with Gasteiger partial charge < -0.3 is 58.0 Å². The predicted molar refractivity (Wildman–Crippen MR) is 185 cm³/mol. The first-order valence-corrected chi connectivity index (χ1v) is 17.1. The van der Waals surface area contributed by atoms with Gasteiger partial charge in [0.25, 0.3) is 0 Å². The quantitative estimate of drug-likeness (QED) is 0.264. The Balaban J connectivity index is 0.000000178. The Morgan fingerprint density at radius 2 is 1.00 bits per heavy atom. The van der Waals surface area contributed by atoms with Gasteiger partial charge in [-0.1, -0.05) is 0 Å². The molecule has 2 aromatic carbocycles. The van der Waals surface area contributed by atoms with Crippen molar-refractivity contribution in [2.24, 2.45) is 0 Å². The number of ether oxygens (including phenoxy) is 2. The zero-order valence-electron chi connectivity index (χ0n) is 29.9. The molecule has 53 heavy (non-hydrogen) atoms. The molecule has 2 saturated heterocycles. The van der Waals surface area contributed by atoms with Gasteiger partial charge in [0.1, 0.15) is 24.6 Å². The summed E-state index contributed by atoms with van der Waals surface area (Å²) < 4.78 is 45.0. The number of hydrogen-bond donors (Lipinski definition) is 0. The Labute approximate surface area is 315 Å². The molecule has 17 heteroatoms. The van der Waals surface area contributed by atoms with Crippen LogP contribution in [-0.4, -0.2) is 111 Å². The van der Waals surface area contributed by atoms with E-state index < -0.39 is 45.6 Å². The van der Waals surface area contributed by atoms with Gasteiger partial charge in [-0.05, 0) is 40.1 Å². The number of carbonyl (C=O) groups excluding carboxylic acids is 2. The van der Waals surface area contributed by atoms with Gasteiger partial charge in [0.2, 0.25) is 0 Å². The number of likely N-dealkylation sites (N-methyl/N-ethyl adjacent to an activating group) is 2. The third-order valence-corrected chi connectivity index (χ3v) is 10.4. The number of pyridine rings is 2. The molecular weight excluding hydrogens is 748 g/mol. The number of aromatic carboxylic acids is 2. The Hall–Kier alpha value is -4.60. The molecule has 14 nitrogen and oxygen atoms in total. The minimum absolute atomic E-state index is 0. The second-order valence-corrected chi connectivity index (χ2v) is 13.9. The smallest absolute Gasteiger partial charge is 0.545 e. The fraction of sp³-hybridized carbons (Fsp3) is 0.444. The van der Waals surface area contributed by atoms with E-state index in [9.17, 15) is 38.2 Å². The number of rotatable bonds is 4. The summed E-state index contributed by atoms with van der Waals surface area (Å²) in [6.45, 7) is 10.00. The van der Waals surface area contributed by atoms with E-state index in [1.807, 2.05) is 37.7 Å². The van der Waals surface area contributed by atoms with Crippen LogP contribution in [0.15, 0.2) is 34.1 Å². The van der Waals surface area contributed by atoms with Gasteiger partial charge >= 0.3 is 19.5 Å². The van der Waals surface area contributed by atoms with E-state index >= 15 is 0 Å². The molecule has 4 aliphatic heterocycles. The van der Waals surface area contributed by atoms with Crippen LogP contribution in [-0.2, 0) is 19.5 Å². The normalized spacial score (nSPS) is 19.9. The number of anilines is 2. The molecule has 2 fully saturated rings. The minimum Gasteiger partial charge on any atom is -0.545 e. The summed E-state index contributed by atoms with van der Waals surface area (Å²) in [5.41, 5.74) is -0.882. The van der Waals surface area contributed by atoms with Crippen LogP contribution in [0.2, 0.25) is 0 Å². The van der Waals surface area contributed by atoms with Crippen molar-refractivity contribution in [3.63, 3.8) is 0 Å². The minimum atomic E-state index is -1.57. The zero-order valence-corrected chi connectivity index (χ0v) is 32.9. The van der Waals surface area contributed by atoms with Gasteiger partial charge in [0.05, 0.1) is 57.0 Å². The molecule has 0 spiro atoms. The number of aromatic nitrogens is 2. The molecule has 0 saturated carbocycles. The Morgan fingerprint density at radius 1 is 0.660 bits per heavy atom. The van der Waals surface area contributed by atoms with Gasteiger partial charge in [-0.3, -0.25) is 9.59 Å². The zero-order chi connectivity index (χ0) is 37.2. The topological polar surface area (TPSA) is 156 Å². The largest absolute Gasteiger partial charge is 2.00 e. The molecule has 2 atom stereocenters. The first kappa shape index (κ1) is 38.1. The molecule has 2 unspecified atom stereocenters. The number of piperazine rings is 2. The average molecular weight is 786 g/mol. The van der Waals surface area contributed by atoms with Crippen LogP contribution < -0.4 is 40.3 Å². The third kappa shape index (κ3) is 6.63. The second-order valence-electron chi connectivity index (χ2n) is 13.9. The standard InChI is InChI=1S/2C18H20FN3O4.Zn/c2*1-10-9-26-17-14-11(16(23)12(18(24)25)8-22(10)14)7-13(19)15(17)21-5-3-20(2)4-6-21;/h2*7-8,10H,3-6,9H2,1-2H3,(H,24,25);/q;;+2/p-2. The number of carboxylic acid groups (broad SMARTS) is 2. The van der Waals surface area contributed by atoms with Crippen LogP contribution in [0.3, 0.4) is 0 Å². The summed E-state index contributed by atoms with van der Waals surface area (Å²) in [4.78, 5) is 55.8. The maximum atomic E-state index is 15.0. The fourth-order valence-electron chi connectivity index (χ4n) is 7.36. The van der Waals surface area contributed by atoms with Gasteiger partial charge in [0.15, 0.2) is 34.0 Å². The van der Waals surface area contributed by atoms with Crippen molar-refractivity contribution in [2.45, 2.75) is 25.9 Å². The molecule has 4 aliphatic rings. The molecule has 0 amide bonds. The number of halogens is 2. The monoisotopic (exact) mass is 784 g/mol. The van der Waals surface area contributed by atoms with Crippen molar-refractivity contribution >= 4 is 45.1 Å². The summed E-state index contributed by atoms with van der Waals surface area (Å²) in [6, 6.07) is 1.88. The van der Waals surface area contributed by atoms with Gasteiger partial charge in [-0.25, -0.2) is 8.78 Å². The Morgan fingerprint density at radius 3 is 1.32 bits per heavy atom. The molecule has 0 N–H and O–H groups in total. The predicted octanol–water partition coefficient (Wildman–Crippen LogP) is 0.416. The van der Waals surface area contributed by atoms with E-state index in [0.717, 1.165) is 38.3 Å². The number of carboxylic acids is 2. The number of benzene rings is 2. The van der Waals surface area contributed by atoms with E-state index in [4.69, 9.17) is 9.47 Å². The summed E-state index contributed by atoms with van der Waals surface area (Å²) in [7, 11) is 4.02. The molecule has 8 rings (SSSR count). The van der Waals surface area contributed by atoms with E-state index in [2.05, 4.69) is 9.80 Å². The Bertz CT molecular complexity index is 2090. The van der Waals surface area contributed by atoms with Crippen LogP contribution in [0, 0.1) is 11.6 Å². The van der Waals surface area contributed by atoms with Crippen molar-refractivity contribution in [2.75, 3.05) is 89.5 Å². The van der Waals surface area contributed by atoms with Crippen molar-refractivity contribution in [3.05, 3.63) is 67.7 Å². The third-order valence-electron chi connectivity index (χ3n) is 10.4. The fourth-order valence-corrected chi connectivity index (χ4v) is 7.36. The average Bonchev–Trinajstić information content (AvgIpc) is 3.10. The van der Waals surface area contributed by atoms with E-state index in [-0.39, 0.29) is 55.5 Å². The van der Waals surface area contributed by atoms with E-state index in [1.165, 1.54) is 12.4 Å². The van der Waals surface area contributed by atoms with E-state index in [0.29, 0.717) is 60.1 Å². The summed E-state index contributed by atoms with van der Waals surface area (Å²) in [6.07, 6.45) is 2.56. The van der Waals surface area contributed by atoms with Crippen LogP contribution in [0.1, 0.15) is 46.6 Å². The van der Waals surface area contributed by atoms with Crippen LogP contribution in [0.4, 0.5) is 20.2 Å². The second kappa shape index (κ2) is 14.7.